The van der Waals surface area contributed by atoms with Crippen molar-refractivity contribution >= 4 is 23.1 Å². The number of hydrogen-bond donors (Lipinski definition) is 1. The van der Waals surface area contributed by atoms with Crippen molar-refractivity contribution in [1.29, 1.82) is 0 Å². The molecule has 2 heterocycles. The zero-order valence-electron chi connectivity index (χ0n) is 18.2. The highest BCUT2D eigenvalue weighted by Crippen LogP contribution is 2.37. The van der Waals surface area contributed by atoms with Gasteiger partial charge in [-0.05, 0) is 38.3 Å². The van der Waals surface area contributed by atoms with E-state index in [1.165, 1.54) is 0 Å². The number of nitrogens with zero attached hydrogens (tertiary/aromatic N) is 3. The lowest BCUT2D eigenvalue weighted by molar-refractivity contribution is 0.127. The lowest BCUT2D eigenvalue weighted by atomic mass is 10.1. The van der Waals surface area contributed by atoms with Gasteiger partial charge in [0.1, 0.15) is 23.5 Å². The number of fused-ring (bicyclic) bond motifs is 1. The van der Waals surface area contributed by atoms with E-state index in [4.69, 9.17) is 24.9 Å². The van der Waals surface area contributed by atoms with E-state index in [9.17, 15) is 0 Å². The molecule has 0 saturated carbocycles. The summed E-state index contributed by atoms with van der Waals surface area (Å²) in [7, 11) is 1.99. The molecule has 0 radical (unpaired) electrons. The number of nitrogens with two attached hydrogens (primary N) is 1. The molecule has 0 amide bonds. The van der Waals surface area contributed by atoms with E-state index in [1.807, 2.05) is 37.1 Å². The highest BCUT2D eigenvalue weighted by Gasteiger charge is 2.23. The molecule has 0 bridgehead atoms. The van der Waals surface area contributed by atoms with Gasteiger partial charge in [-0.25, -0.2) is 4.99 Å². The fraction of sp³-hybridized carbons (Fsp3) is 0.565. The predicted molar refractivity (Wildman–Crippen MR) is 122 cm³/mol. The molecule has 1 atom stereocenters. The Labute approximate surface area is 179 Å². The summed E-state index contributed by atoms with van der Waals surface area (Å²) in [6, 6.07) is 5.89. The molecule has 7 nitrogen and oxygen atoms in total. The van der Waals surface area contributed by atoms with Gasteiger partial charge >= 0.3 is 0 Å². The van der Waals surface area contributed by atoms with Crippen LogP contribution in [0.4, 0.5) is 5.69 Å². The molecular formula is C23H34N4O3. The first kappa shape index (κ1) is 22.3. The van der Waals surface area contributed by atoms with E-state index in [-0.39, 0.29) is 6.10 Å². The molecule has 2 N–H and O–H groups in total. The van der Waals surface area contributed by atoms with Gasteiger partial charge in [-0.15, -0.1) is 0 Å². The van der Waals surface area contributed by atoms with E-state index < -0.39 is 0 Å². The number of benzene rings is 1. The van der Waals surface area contributed by atoms with Gasteiger partial charge in [-0.2, -0.15) is 0 Å². The highest BCUT2D eigenvalue weighted by molar-refractivity contribution is 5.97. The van der Waals surface area contributed by atoms with Crippen molar-refractivity contribution in [1.82, 2.24) is 4.90 Å². The third-order valence-corrected chi connectivity index (χ3v) is 5.36. The molecule has 7 heteroatoms. The fourth-order valence-electron chi connectivity index (χ4n) is 3.69. The lowest BCUT2D eigenvalue weighted by Crippen LogP contribution is -2.27. The summed E-state index contributed by atoms with van der Waals surface area (Å²) >= 11 is 0. The Morgan fingerprint density at radius 1 is 1.30 bits per heavy atom. The van der Waals surface area contributed by atoms with E-state index >= 15 is 0 Å². The summed E-state index contributed by atoms with van der Waals surface area (Å²) in [6.45, 7) is 9.67. The normalized spacial score (nSPS) is 20.3. The Morgan fingerprint density at radius 3 is 3.00 bits per heavy atom. The molecule has 0 aliphatic carbocycles. The maximum Gasteiger partial charge on any atom is 0.131 e. The van der Waals surface area contributed by atoms with Gasteiger partial charge in [0.2, 0.25) is 0 Å². The Bertz CT molecular complexity index is 783. The number of ether oxygens (including phenoxy) is 3. The molecule has 2 aliphatic heterocycles. The summed E-state index contributed by atoms with van der Waals surface area (Å²) in [4.78, 5) is 11.4. The van der Waals surface area contributed by atoms with E-state index in [0.717, 1.165) is 80.5 Å². The second-order valence-electron chi connectivity index (χ2n) is 7.58. The van der Waals surface area contributed by atoms with Crippen LogP contribution in [0, 0.1) is 0 Å². The fourth-order valence-corrected chi connectivity index (χ4v) is 3.69. The zero-order valence-corrected chi connectivity index (χ0v) is 18.2. The van der Waals surface area contributed by atoms with Gasteiger partial charge in [-0.3, -0.25) is 4.99 Å². The average Bonchev–Trinajstić information content (AvgIpc) is 2.99. The number of hydrogen-bond acceptors (Lipinski definition) is 7. The standard InChI is InChI=1S/C23H34N4O3/c1-4-28-13-7-11-22-25-16-21(24)26-19-9-5-10-20(23(19)17(2)27(22)3)30-18-8-6-14-29-15-12-18/h5,9-10,18H,2,4,6-8,11-16H2,1,3H3,(H2,24,26). The van der Waals surface area contributed by atoms with E-state index in [0.29, 0.717) is 19.0 Å². The van der Waals surface area contributed by atoms with E-state index in [2.05, 4.69) is 11.6 Å². The molecule has 3 rings (SSSR count). The van der Waals surface area contributed by atoms with Crippen molar-refractivity contribution in [3.63, 3.8) is 0 Å². The van der Waals surface area contributed by atoms with Crippen LogP contribution in [0.5, 0.6) is 5.75 Å². The average molecular weight is 415 g/mol. The van der Waals surface area contributed by atoms with Crippen molar-refractivity contribution in [2.45, 2.75) is 45.1 Å². The largest absolute Gasteiger partial charge is 0.490 e. The zero-order chi connectivity index (χ0) is 21.3. The minimum atomic E-state index is 0.116. The molecule has 2 aliphatic rings. The van der Waals surface area contributed by atoms with Crippen molar-refractivity contribution in [3.8, 4) is 5.75 Å². The van der Waals surface area contributed by atoms with Crippen LogP contribution in [-0.4, -0.2) is 62.7 Å². The molecule has 30 heavy (non-hydrogen) atoms. The Kier molecular flexibility index (Phi) is 8.28. The molecule has 0 aromatic heterocycles. The minimum Gasteiger partial charge on any atom is -0.490 e. The van der Waals surface area contributed by atoms with Gasteiger partial charge in [0.15, 0.2) is 0 Å². The smallest absolute Gasteiger partial charge is 0.131 e. The van der Waals surface area contributed by atoms with Crippen molar-refractivity contribution < 1.29 is 14.2 Å². The van der Waals surface area contributed by atoms with Crippen LogP contribution in [-0.2, 0) is 9.47 Å². The molecular weight excluding hydrogens is 380 g/mol. The first-order valence-corrected chi connectivity index (χ1v) is 10.8. The molecule has 164 valence electrons. The summed E-state index contributed by atoms with van der Waals surface area (Å²) in [5.41, 5.74) is 8.62. The van der Waals surface area contributed by atoms with E-state index in [1.54, 1.807) is 0 Å². The third-order valence-electron chi connectivity index (χ3n) is 5.36. The quantitative estimate of drug-likeness (QED) is 0.687. The van der Waals surface area contributed by atoms with Gasteiger partial charge < -0.3 is 24.8 Å². The Morgan fingerprint density at radius 2 is 2.17 bits per heavy atom. The molecule has 1 aromatic rings. The summed E-state index contributed by atoms with van der Waals surface area (Å²) in [5.74, 6) is 2.17. The topological polar surface area (TPSA) is 81.7 Å². The summed E-state index contributed by atoms with van der Waals surface area (Å²) in [5, 5.41) is 0. The van der Waals surface area contributed by atoms with Crippen LogP contribution in [0.15, 0.2) is 34.8 Å². The second-order valence-corrected chi connectivity index (χ2v) is 7.58. The van der Waals surface area contributed by atoms with Gasteiger partial charge in [0.25, 0.3) is 0 Å². The highest BCUT2D eigenvalue weighted by atomic mass is 16.5. The third kappa shape index (κ3) is 5.83. The van der Waals surface area contributed by atoms with Gasteiger partial charge in [0, 0.05) is 45.4 Å². The monoisotopic (exact) mass is 414 g/mol. The minimum absolute atomic E-state index is 0.116. The van der Waals surface area contributed by atoms with Crippen LogP contribution in [0.3, 0.4) is 0 Å². The molecule has 1 fully saturated rings. The van der Waals surface area contributed by atoms with Crippen molar-refractivity contribution in [3.05, 3.63) is 30.3 Å². The molecule has 1 unspecified atom stereocenters. The maximum absolute atomic E-state index is 6.44. The van der Waals surface area contributed by atoms with Crippen LogP contribution in [0.25, 0.3) is 5.70 Å². The molecule has 1 saturated heterocycles. The van der Waals surface area contributed by atoms with Crippen LogP contribution < -0.4 is 10.5 Å². The first-order valence-electron chi connectivity index (χ1n) is 10.8. The molecule has 1 aromatic carbocycles. The number of rotatable bonds is 7. The van der Waals surface area contributed by atoms with Crippen molar-refractivity contribution in [2.24, 2.45) is 15.7 Å². The summed E-state index contributed by atoms with van der Waals surface area (Å²) in [6.07, 6.45) is 4.63. The van der Waals surface area contributed by atoms with Crippen molar-refractivity contribution in [2.75, 3.05) is 40.0 Å². The maximum atomic E-state index is 6.44. The Balaban J connectivity index is 1.88. The van der Waals surface area contributed by atoms with Gasteiger partial charge in [-0.1, -0.05) is 12.6 Å². The van der Waals surface area contributed by atoms with Crippen LogP contribution in [0.1, 0.15) is 44.6 Å². The lowest BCUT2D eigenvalue weighted by Gasteiger charge is -2.27. The summed E-state index contributed by atoms with van der Waals surface area (Å²) < 4.78 is 17.5. The molecule has 0 spiro atoms. The predicted octanol–water partition coefficient (Wildman–Crippen LogP) is 3.75. The SMILES string of the molecule is C=C1c2c(cccc2OC2CCCOCC2)N=C(N)CN=C(CCCOCC)N1C. The number of amidine groups is 2. The second kappa shape index (κ2) is 11.1. The van der Waals surface area contributed by atoms with Crippen LogP contribution in [0.2, 0.25) is 0 Å². The first-order chi connectivity index (χ1) is 14.6. The number of aliphatic imine (C=N–C) groups is 2. The van der Waals surface area contributed by atoms with Crippen LogP contribution >= 0.6 is 0 Å². The Hall–Kier alpha value is -2.38. The van der Waals surface area contributed by atoms with Gasteiger partial charge in [0.05, 0.1) is 24.4 Å².